The normalized spacial score (nSPS) is 14.5. The van der Waals surface area contributed by atoms with E-state index >= 15 is 0 Å². The second kappa shape index (κ2) is 7.47. The number of benzene rings is 2. The van der Waals surface area contributed by atoms with Crippen LogP contribution in [-0.2, 0) is 20.8 Å². The standard InChI is InChI=1S/C25H30N2O3/c1-15-7-9-17(10-8-15)20-18-11-13-27-14-12-26-21(22(18)27)16(2)19(20)23(24(28)29-6)30-25(3,4)5/h7-11,13,23,26H,12,14H2,1-6H3/t23-/m0/s1. The predicted molar refractivity (Wildman–Crippen MR) is 121 cm³/mol. The molecule has 158 valence electrons. The molecule has 0 saturated carbocycles. The van der Waals surface area contributed by atoms with Gasteiger partial charge >= 0.3 is 5.97 Å². The zero-order chi connectivity index (χ0) is 21.6. The summed E-state index contributed by atoms with van der Waals surface area (Å²) in [4.78, 5) is 13.0. The highest BCUT2D eigenvalue weighted by Gasteiger charge is 2.34. The number of aryl methyl sites for hydroxylation is 1. The molecule has 0 spiro atoms. The van der Waals surface area contributed by atoms with Crippen molar-refractivity contribution in [3.05, 3.63) is 53.2 Å². The number of esters is 1. The maximum atomic E-state index is 13.0. The molecule has 4 rings (SSSR count). The second-order valence-electron chi connectivity index (χ2n) is 8.99. The molecular weight excluding hydrogens is 376 g/mol. The van der Waals surface area contributed by atoms with Gasteiger partial charge in [-0.1, -0.05) is 29.8 Å². The summed E-state index contributed by atoms with van der Waals surface area (Å²) in [6.45, 7) is 11.8. The van der Waals surface area contributed by atoms with Crippen molar-refractivity contribution in [2.75, 3.05) is 19.0 Å². The first-order valence-electron chi connectivity index (χ1n) is 10.4. The molecule has 2 heterocycles. The number of methoxy groups -OCH3 is 1. The molecule has 30 heavy (non-hydrogen) atoms. The number of anilines is 1. The van der Waals surface area contributed by atoms with Crippen LogP contribution in [0.15, 0.2) is 36.5 Å². The Kier molecular flexibility index (Phi) is 5.10. The van der Waals surface area contributed by atoms with Crippen LogP contribution < -0.4 is 5.32 Å². The summed E-state index contributed by atoms with van der Waals surface area (Å²) in [5.74, 6) is -0.386. The number of hydrogen-bond acceptors (Lipinski definition) is 4. The average Bonchev–Trinajstić information content (AvgIpc) is 3.13. The molecule has 0 aliphatic carbocycles. The van der Waals surface area contributed by atoms with E-state index in [-0.39, 0.29) is 5.97 Å². The molecule has 0 radical (unpaired) electrons. The SMILES string of the molecule is COC(=O)[C@@H](OC(C)(C)C)c1c(C)c2c3c(ccn3CCN2)c1-c1ccc(C)cc1. The van der Waals surface area contributed by atoms with Crippen molar-refractivity contribution in [2.45, 2.75) is 52.9 Å². The van der Waals surface area contributed by atoms with Gasteiger partial charge in [0, 0.05) is 30.2 Å². The summed E-state index contributed by atoms with van der Waals surface area (Å²) >= 11 is 0. The summed E-state index contributed by atoms with van der Waals surface area (Å²) in [7, 11) is 1.42. The van der Waals surface area contributed by atoms with Gasteiger partial charge in [0.25, 0.3) is 0 Å². The summed E-state index contributed by atoms with van der Waals surface area (Å²) in [5, 5.41) is 4.67. The van der Waals surface area contributed by atoms with Gasteiger partial charge in [0.15, 0.2) is 6.10 Å². The van der Waals surface area contributed by atoms with Gasteiger partial charge in [0.2, 0.25) is 0 Å². The number of rotatable bonds is 4. The van der Waals surface area contributed by atoms with E-state index in [4.69, 9.17) is 9.47 Å². The van der Waals surface area contributed by atoms with E-state index in [1.807, 2.05) is 20.8 Å². The first kappa shape index (κ1) is 20.5. The van der Waals surface area contributed by atoms with Gasteiger partial charge < -0.3 is 19.4 Å². The van der Waals surface area contributed by atoms with Crippen LogP contribution in [0.25, 0.3) is 22.0 Å². The van der Waals surface area contributed by atoms with E-state index < -0.39 is 11.7 Å². The monoisotopic (exact) mass is 406 g/mol. The minimum atomic E-state index is -0.820. The fourth-order valence-electron chi connectivity index (χ4n) is 4.35. The Morgan fingerprint density at radius 3 is 2.47 bits per heavy atom. The molecule has 3 aromatic rings. The molecule has 1 aliphatic heterocycles. The fourth-order valence-corrected chi connectivity index (χ4v) is 4.35. The molecule has 0 amide bonds. The number of aromatic nitrogens is 1. The predicted octanol–water partition coefficient (Wildman–Crippen LogP) is 5.38. The minimum Gasteiger partial charge on any atom is -0.467 e. The Labute approximate surface area is 178 Å². The van der Waals surface area contributed by atoms with Crippen molar-refractivity contribution in [1.29, 1.82) is 0 Å². The molecule has 0 bridgehead atoms. The summed E-state index contributed by atoms with van der Waals surface area (Å²) < 4.78 is 13.8. The van der Waals surface area contributed by atoms with Crippen molar-refractivity contribution < 1.29 is 14.3 Å². The van der Waals surface area contributed by atoms with Crippen LogP contribution in [-0.4, -0.2) is 29.8 Å². The summed E-state index contributed by atoms with van der Waals surface area (Å²) in [6, 6.07) is 10.6. The van der Waals surface area contributed by atoms with E-state index in [1.165, 1.54) is 18.2 Å². The maximum Gasteiger partial charge on any atom is 0.339 e. The lowest BCUT2D eigenvalue weighted by Crippen LogP contribution is -2.29. The van der Waals surface area contributed by atoms with Crippen LogP contribution in [0.2, 0.25) is 0 Å². The number of hydrogen-bond donors (Lipinski definition) is 1. The number of nitrogens with one attached hydrogen (secondary N) is 1. The Morgan fingerprint density at radius 1 is 1.13 bits per heavy atom. The smallest absolute Gasteiger partial charge is 0.339 e. The first-order chi connectivity index (χ1) is 14.2. The summed E-state index contributed by atoms with van der Waals surface area (Å²) in [5.41, 5.74) is 6.93. The highest BCUT2D eigenvalue weighted by molar-refractivity contribution is 6.07. The highest BCUT2D eigenvalue weighted by Crippen LogP contribution is 2.45. The van der Waals surface area contributed by atoms with E-state index in [0.717, 1.165) is 46.4 Å². The quantitative estimate of drug-likeness (QED) is 0.591. The van der Waals surface area contributed by atoms with Gasteiger partial charge in [-0.05, 0) is 57.4 Å². The molecule has 0 saturated heterocycles. The first-order valence-corrected chi connectivity index (χ1v) is 10.4. The van der Waals surface area contributed by atoms with Crippen LogP contribution in [0.5, 0.6) is 0 Å². The van der Waals surface area contributed by atoms with Gasteiger partial charge in [-0.25, -0.2) is 4.79 Å². The van der Waals surface area contributed by atoms with E-state index in [0.29, 0.717) is 0 Å². The number of carbonyl (C=O) groups excluding carboxylic acids is 1. The van der Waals surface area contributed by atoms with E-state index in [1.54, 1.807) is 0 Å². The van der Waals surface area contributed by atoms with Crippen LogP contribution in [0.1, 0.15) is 43.6 Å². The lowest BCUT2D eigenvalue weighted by atomic mass is 9.87. The number of nitrogens with zero attached hydrogens (tertiary/aromatic N) is 1. The molecule has 0 fully saturated rings. The van der Waals surface area contributed by atoms with Gasteiger partial charge in [-0.3, -0.25) is 0 Å². The zero-order valence-electron chi connectivity index (χ0n) is 18.6. The van der Waals surface area contributed by atoms with Crippen LogP contribution in [0.4, 0.5) is 5.69 Å². The molecular formula is C25H30N2O3. The third-order valence-electron chi connectivity index (χ3n) is 5.66. The Bertz CT molecular complexity index is 1100. The highest BCUT2D eigenvalue weighted by atomic mass is 16.6. The van der Waals surface area contributed by atoms with Crippen LogP contribution in [0.3, 0.4) is 0 Å². The average molecular weight is 407 g/mol. The maximum absolute atomic E-state index is 13.0. The van der Waals surface area contributed by atoms with Crippen LogP contribution in [0, 0.1) is 13.8 Å². The Morgan fingerprint density at radius 2 is 1.83 bits per heavy atom. The van der Waals surface area contributed by atoms with Crippen molar-refractivity contribution in [3.8, 4) is 11.1 Å². The third-order valence-corrected chi connectivity index (χ3v) is 5.66. The van der Waals surface area contributed by atoms with Crippen molar-refractivity contribution >= 4 is 22.6 Å². The van der Waals surface area contributed by atoms with Crippen molar-refractivity contribution in [3.63, 3.8) is 0 Å². The largest absolute Gasteiger partial charge is 0.467 e. The lowest BCUT2D eigenvalue weighted by molar-refractivity contribution is -0.164. The van der Waals surface area contributed by atoms with E-state index in [9.17, 15) is 4.79 Å². The Balaban J connectivity index is 2.09. The molecule has 1 atom stereocenters. The molecule has 1 N–H and O–H groups in total. The van der Waals surface area contributed by atoms with Gasteiger partial charge in [-0.15, -0.1) is 0 Å². The molecule has 2 aromatic carbocycles. The summed E-state index contributed by atoms with van der Waals surface area (Å²) in [6.07, 6.45) is 1.31. The number of ether oxygens (including phenoxy) is 2. The topological polar surface area (TPSA) is 52.5 Å². The third kappa shape index (κ3) is 3.47. The molecule has 5 heteroatoms. The Hall–Kier alpha value is -2.79. The van der Waals surface area contributed by atoms with Gasteiger partial charge in [0.1, 0.15) is 0 Å². The molecule has 1 aliphatic rings. The zero-order valence-corrected chi connectivity index (χ0v) is 18.6. The second-order valence-corrected chi connectivity index (χ2v) is 8.99. The lowest BCUT2D eigenvalue weighted by Gasteiger charge is -2.31. The number of carbonyl (C=O) groups is 1. The van der Waals surface area contributed by atoms with Gasteiger partial charge in [0.05, 0.1) is 23.9 Å². The molecule has 5 nitrogen and oxygen atoms in total. The minimum absolute atomic E-state index is 0.386. The fraction of sp³-hybridized carbons (Fsp3) is 0.400. The molecule has 0 unspecified atom stereocenters. The van der Waals surface area contributed by atoms with Crippen molar-refractivity contribution in [2.24, 2.45) is 0 Å². The van der Waals surface area contributed by atoms with Gasteiger partial charge in [-0.2, -0.15) is 0 Å². The van der Waals surface area contributed by atoms with E-state index in [2.05, 4.69) is 60.3 Å². The van der Waals surface area contributed by atoms with Crippen molar-refractivity contribution in [1.82, 2.24) is 4.57 Å². The molecule has 1 aromatic heterocycles. The van der Waals surface area contributed by atoms with Crippen LogP contribution >= 0.6 is 0 Å².